The van der Waals surface area contributed by atoms with Crippen LogP contribution in [0.1, 0.15) is 26.7 Å². The molecule has 2 unspecified atom stereocenters. The van der Waals surface area contributed by atoms with Crippen LogP contribution in [-0.4, -0.2) is 58.7 Å². The lowest BCUT2D eigenvalue weighted by Crippen LogP contribution is -2.62. The van der Waals surface area contributed by atoms with Gasteiger partial charge in [-0.2, -0.15) is 0 Å². The van der Waals surface area contributed by atoms with Crippen LogP contribution in [0, 0.1) is 17.3 Å². The van der Waals surface area contributed by atoms with Gasteiger partial charge in [0.2, 0.25) is 0 Å². The largest absolute Gasteiger partial charge is 0.386 e. The second-order valence-corrected chi connectivity index (χ2v) is 8.63. The van der Waals surface area contributed by atoms with Crippen LogP contribution in [-0.2, 0) is 4.74 Å². The van der Waals surface area contributed by atoms with Crippen molar-refractivity contribution in [3.8, 4) is 0 Å². The summed E-state index contributed by atoms with van der Waals surface area (Å²) in [4.78, 5) is 2.47. The van der Waals surface area contributed by atoms with Crippen molar-refractivity contribution in [1.29, 1.82) is 0 Å². The Labute approximate surface area is 143 Å². The summed E-state index contributed by atoms with van der Waals surface area (Å²) < 4.78 is 6.66. The molecule has 0 amide bonds. The number of hydrogen-bond acceptors (Lipinski definition) is 4. The van der Waals surface area contributed by atoms with E-state index in [1.165, 1.54) is 11.1 Å². The maximum Gasteiger partial charge on any atom is 0.123 e. The molecule has 24 heavy (non-hydrogen) atoms. The van der Waals surface area contributed by atoms with E-state index in [4.69, 9.17) is 4.74 Å². The fourth-order valence-electron chi connectivity index (χ4n) is 6.47. The van der Waals surface area contributed by atoms with Gasteiger partial charge in [-0.15, -0.1) is 0 Å². The lowest BCUT2D eigenvalue weighted by Gasteiger charge is -2.58. The molecule has 2 saturated heterocycles. The molecule has 0 aromatic carbocycles. The topological polar surface area (TPSA) is 52.9 Å². The van der Waals surface area contributed by atoms with E-state index in [0.717, 1.165) is 19.4 Å². The average molecular weight is 329 g/mol. The van der Waals surface area contributed by atoms with Gasteiger partial charge in [-0.1, -0.05) is 38.2 Å². The third kappa shape index (κ3) is 1.46. The number of aliphatic hydroxyl groups is 2. The van der Waals surface area contributed by atoms with Gasteiger partial charge in [0.25, 0.3) is 0 Å². The quantitative estimate of drug-likeness (QED) is 0.718. The van der Waals surface area contributed by atoms with Gasteiger partial charge in [-0.05, 0) is 43.5 Å². The molecule has 4 nitrogen and oxygen atoms in total. The molecule has 2 aliphatic heterocycles. The van der Waals surface area contributed by atoms with Crippen molar-refractivity contribution >= 4 is 0 Å². The number of rotatable bonds is 1. The minimum atomic E-state index is -0.680. The van der Waals surface area contributed by atoms with Crippen LogP contribution in [0.15, 0.2) is 35.5 Å². The van der Waals surface area contributed by atoms with E-state index in [-0.39, 0.29) is 17.4 Å². The number of likely N-dealkylation sites (tertiary alicyclic amines) is 1. The predicted octanol–water partition coefficient (Wildman–Crippen LogP) is 1.65. The van der Waals surface area contributed by atoms with Crippen LogP contribution in [0.3, 0.4) is 0 Å². The van der Waals surface area contributed by atoms with Gasteiger partial charge in [-0.25, -0.2) is 0 Å². The van der Waals surface area contributed by atoms with Crippen molar-refractivity contribution < 1.29 is 14.9 Å². The van der Waals surface area contributed by atoms with Crippen molar-refractivity contribution in [1.82, 2.24) is 4.90 Å². The predicted molar refractivity (Wildman–Crippen MR) is 91.3 cm³/mol. The number of ether oxygens (including phenoxy) is 1. The minimum Gasteiger partial charge on any atom is -0.386 e. The zero-order chi connectivity index (χ0) is 16.9. The molecule has 0 radical (unpaired) electrons. The van der Waals surface area contributed by atoms with Crippen molar-refractivity contribution in [2.45, 2.75) is 56.6 Å². The first kappa shape index (κ1) is 15.3. The van der Waals surface area contributed by atoms with E-state index in [0.29, 0.717) is 12.0 Å². The van der Waals surface area contributed by atoms with Crippen LogP contribution in [0.25, 0.3) is 0 Å². The maximum atomic E-state index is 10.9. The molecule has 4 heteroatoms. The normalized spacial score (nSPS) is 52.2. The molecular formula is C20H27NO3. The third-order valence-electron chi connectivity index (χ3n) is 7.49. The number of piperidine rings is 1. The van der Waals surface area contributed by atoms with Crippen molar-refractivity contribution in [2.24, 2.45) is 17.3 Å². The summed E-state index contributed by atoms with van der Waals surface area (Å²) in [5.74, 6) is 0.522. The first-order chi connectivity index (χ1) is 11.4. The molecule has 3 aliphatic carbocycles. The van der Waals surface area contributed by atoms with Crippen molar-refractivity contribution in [2.75, 3.05) is 13.6 Å². The first-order valence-electron chi connectivity index (χ1n) is 9.27. The Bertz CT molecular complexity index is 680. The zero-order valence-electron chi connectivity index (χ0n) is 14.6. The van der Waals surface area contributed by atoms with Crippen LogP contribution in [0.5, 0.6) is 0 Å². The monoisotopic (exact) mass is 329 g/mol. The molecule has 2 N–H and O–H groups in total. The van der Waals surface area contributed by atoms with Crippen LogP contribution in [0.4, 0.5) is 0 Å². The number of hydrogen-bond donors (Lipinski definition) is 2. The maximum absolute atomic E-state index is 10.9. The van der Waals surface area contributed by atoms with Gasteiger partial charge in [0.1, 0.15) is 11.7 Å². The Morgan fingerprint density at radius 1 is 1.25 bits per heavy atom. The summed E-state index contributed by atoms with van der Waals surface area (Å²) >= 11 is 0. The highest BCUT2D eigenvalue weighted by Crippen LogP contribution is 2.68. The minimum absolute atomic E-state index is 0.158. The van der Waals surface area contributed by atoms with Gasteiger partial charge in [0, 0.05) is 17.4 Å². The number of aliphatic hydroxyl groups excluding tert-OH is 2. The molecule has 0 aromatic rings. The summed E-state index contributed by atoms with van der Waals surface area (Å²) in [6, 6.07) is 0.454. The fourth-order valence-corrected chi connectivity index (χ4v) is 6.47. The molecule has 2 heterocycles. The molecule has 2 fully saturated rings. The molecular weight excluding hydrogens is 302 g/mol. The molecule has 130 valence electrons. The Hall–Kier alpha value is -0.940. The smallest absolute Gasteiger partial charge is 0.123 e. The van der Waals surface area contributed by atoms with Crippen molar-refractivity contribution in [3.63, 3.8) is 0 Å². The van der Waals surface area contributed by atoms with E-state index in [1.54, 1.807) is 0 Å². The van der Waals surface area contributed by atoms with Gasteiger partial charge in [0.05, 0.1) is 12.2 Å². The second kappa shape index (κ2) is 4.61. The Morgan fingerprint density at radius 3 is 2.79 bits per heavy atom. The van der Waals surface area contributed by atoms with Gasteiger partial charge in [0.15, 0.2) is 0 Å². The standard InChI is InChI=1S/C20H27NO3/c1-11(2)20-16(23)7-4-12-10-14-13-5-6-15(22)18(24-20)19(13,17(12)20)8-9-21(14)3/h4-7,11,13-16,18,22-23H,8-10H2,1-3H3/t13-,14+,15-,16?,18-,19-,20?/m0/s1. The molecule has 5 aliphatic rings. The molecule has 2 bridgehead atoms. The van der Waals surface area contributed by atoms with E-state index in [9.17, 15) is 10.2 Å². The number of allylic oxidation sites excluding steroid dienone is 1. The summed E-state index contributed by atoms with van der Waals surface area (Å²) in [5, 5.41) is 21.7. The molecule has 5 rings (SSSR count). The highest BCUT2D eigenvalue weighted by atomic mass is 16.5. The zero-order valence-corrected chi connectivity index (χ0v) is 14.6. The fraction of sp³-hybridized carbons (Fsp3) is 0.700. The third-order valence-corrected chi connectivity index (χ3v) is 7.49. The van der Waals surface area contributed by atoms with E-state index in [1.807, 2.05) is 12.2 Å². The SMILES string of the molecule is CC(C)C12O[C@H]3[C@@H](O)C=C[C@H]4[C@H]5CC(=C1[C@]43CCN5C)C=CC2O. The summed E-state index contributed by atoms with van der Waals surface area (Å²) in [7, 11) is 2.21. The molecule has 0 aromatic heterocycles. The van der Waals surface area contributed by atoms with Crippen LogP contribution >= 0.6 is 0 Å². The lowest BCUT2D eigenvalue weighted by atomic mass is 9.49. The van der Waals surface area contributed by atoms with Gasteiger partial charge >= 0.3 is 0 Å². The highest BCUT2D eigenvalue weighted by molar-refractivity contribution is 5.53. The molecule has 7 atom stereocenters. The molecule has 1 spiro atoms. The average Bonchev–Trinajstić information content (AvgIpc) is 2.88. The van der Waals surface area contributed by atoms with Crippen molar-refractivity contribution in [3.05, 3.63) is 35.5 Å². The van der Waals surface area contributed by atoms with Gasteiger partial charge < -0.3 is 19.8 Å². The van der Waals surface area contributed by atoms with Gasteiger partial charge in [-0.3, -0.25) is 0 Å². The van der Waals surface area contributed by atoms with Crippen LogP contribution < -0.4 is 0 Å². The van der Waals surface area contributed by atoms with Crippen LogP contribution in [0.2, 0.25) is 0 Å². The summed E-state index contributed by atoms with van der Waals surface area (Å²) in [6.07, 6.45) is 8.71. The Kier molecular flexibility index (Phi) is 2.94. The van der Waals surface area contributed by atoms with E-state index >= 15 is 0 Å². The first-order valence-corrected chi connectivity index (χ1v) is 9.27. The lowest BCUT2D eigenvalue weighted by molar-refractivity contribution is -0.155. The summed E-state index contributed by atoms with van der Waals surface area (Å²) in [6.45, 7) is 5.29. The highest BCUT2D eigenvalue weighted by Gasteiger charge is 2.71. The molecule has 0 saturated carbocycles. The van der Waals surface area contributed by atoms with E-state index in [2.05, 4.69) is 37.9 Å². The number of nitrogens with zero attached hydrogens (tertiary/aromatic N) is 1. The summed E-state index contributed by atoms with van der Waals surface area (Å²) in [5.41, 5.74) is 1.81. The van der Waals surface area contributed by atoms with E-state index < -0.39 is 17.8 Å². The second-order valence-electron chi connectivity index (χ2n) is 8.63. The Balaban J connectivity index is 1.82. The Morgan fingerprint density at radius 2 is 2.04 bits per heavy atom.